The molecule has 0 bridgehead atoms. The van der Waals surface area contributed by atoms with Crippen LogP contribution in [0.3, 0.4) is 0 Å². The molecule has 1 aromatic rings. The molecule has 10 heteroatoms. The van der Waals surface area contributed by atoms with E-state index in [1.54, 1.807) is 18.2 Å². The molecular weight excluding hydrogens is 410 g/mol. The molecule has 3 rings (SSSR count). The first-order valence-electron chi connectivity index (χ1n) is 9.60. The predicted molar refractivity (Wildman–Crippen MR) is 104 cm³/mol. The highest BCUT2D eigenvalue weighted by atomic mass is 16.5. The SMILES string of the molecule is COC(=O)[C@@H]1[C@H](c2ccc(OC)c(OC)c2)N2C(=O)CCC2(C(=O)OC)[C@H]1C(=O)OC. The van der Waals surface area contributed by atoms with Crippen LogP contribution in [-0.4, -0.2) is 69.8 Å². The van der Waals surface area contributed by atoms with E-state index in [-0.39, 0.29) is 18.7 Å². The number of nitrogens with zero attached hydrogens (tertiary/aromatic N) is 1. The summed E-state index contributed by atoms with van der Waals surface area (Å²) >= 11 is 0. The molecule has 0 aromatic heterocycles. The number of carbonyl (C=O) groups is 4. The number of amides is 1. The maximum atomic E-state index is 13.0. The minimum absolute atomic E-state index is 0.00948. The molecule has 1 amide bonds. The Morgan fingerprint density at radius 1 is 0.935 bits per heavy atom. The highest BCUT2D eigenvalue weighted by molar-refractivity contribution is 6.00. The zero-order valence-electron chi connectivity index (χ0n) is 18.0. The van der Waals surface area contributed by atoms with E-state index in [2.05, 4.69) is 0 Å². The molecule has 0 aliphatic carbocycles. The maximum absolute atomic E-state index is 13.0. The van der Waals surface area contributed by atoms with Crippen molar-refractivity contribution < 1.29 is 42.9 Å². The van der Waals surface area contributed by atoms with E-state index in [9.17, 15) is 19.2 Å². The molecule has 0 spiro atoms. The van der Waals surface area contributed by atoms with Crippen molar-refractivity contribution in [1.29, 1.82) is 0 Å². The van der Waals surface area contributed by atoms with Crippen molar-refractivity contribution in [2.75, 3.05) is 35.5 Å². The number of hydrogen-bond donors (Lipinski definition) is 0. The van der Waals surface area contributed by atoms with Gasteiger partial charge in [0, 0.05) is 6.42 Å². The van der Waals surface area contributed by atoms with Crippen molar-refractivity contribution in [1.82, 2.24) is 4.90 Å². The Labute approximate surface area is 179 Å². The highest BCUT2D eigenvalue weighted by Crippen LogP contribution is 2.57. The third kappa shape index (κ3) is 3.17. The van der Waals surface area contributed by atoms with E-state index in [4.69, 9.17) is 23.7 Å². The van der Waals surface area contributed by atoms with Gasteiger partial charge >= 0.3 is 17.9 Å². The molecule has 1 aromatic carbocycles. The maximum Gasteiger partial charge on any atom is 0.332 e. The van der Waals surface area contributed by atoms with Gasteiger partial charge < -0.3 is 28.6 Å². The second kappa shape index (κ2) is 8.44. The number of fused-ring (bicyclic) bond motifs is 1. The van der Waals surface area contributed by atoms with Gasteiger partial charge in [-0.05, 0) is 24.1 Å². The van der Waals surface area contributed by atoms with Gasteiger partial charge in [0.25, 0.3) is 0 Å². The van der Waals surface area contributed by atoms with Gasteiger partial charge in [0.1, 0.15) is 5.92 Å². The van der Waals surface area contributed by atoms with Crippen molar-refractivity contribution in [3.63, 3.8) is 0 Å². The molecule has 168 valence electrons. The lowest BCUT2D eigenvalue weighted by atomic mass is 9.76. The zero-order chi connectivity index (χ0) is 22.9. The number of benzene rings is 1. The minimum atomic E-state index is -1.68. The minimum Gasteiger partial charge on any atom is -0.493 e. The monoisotopic (exact) mass is 435 g/mol. The lowest BCUT2D eigenvalue weighted by Gasteiger charge is -2.34. The van der Waals surface area contributed by atoms with Gasteiger partial charge in [-0.1, -0.05) is 6.07 Å². The number of hydrogen-bond acceptors (Lipinski definition) is 9. The van der Waals surface area contributed by atoms with E-state index in [0.717, 1.165) is 7.11 Å². The van der Waals surface area contributed by atoms with Gasteiger partial charge in [-0.25, -0.2) is 4.79 Å². The van der Waals surface area contributed by atoms with Crippen LogP contribution in [0.1, 0.15) is 24.4 Å². The first-order chi connectivity index (χ1) is 14.8. The summed E-state index contributed by atoms with van der Waals surface area (Å²) in [7, 11) is 6.43. The van der Waals surface area contributed by atoms with Crippen molar-refractivity contribution in [3.8, 4) is 11.5 Å². The third-order valence-electron chi connectivity index (χ3n) is 6.13. The van der Waals surface area contributed by atoms with Gasteiger partial charge in [0.2, 0.25) is 5.91 Å². The fourth-order valence-electron chi connectivity index (χ4n) is 4.88. The van der Waals surface area contributed by atoms with Crippen LogP contribution in [0.4, 0.5) is 0 Å². The third-order valence-corrected chi connectivity index (χ3v) is 6.13. The van der Waals surface area contributed by atoms with Gasteiger partial charge in [-0.2, -0.15) is 0 Å². The molecule has 2 fully saturated rings. The van der Waals surface area contributed by atoms with Crippen LogP contribution in [0.25, 0.3) is 0 Å². The Kier molecular flexibility index (Phi) is 6.10. The first-order valence-corrected chi connectivity index (χ1v) is 9.60. The molecule has 31 heavy (non-hydrogen) atoms. The Morgan fingerprint density at radius 3 is 2.13 bits per heavy atom. The Hall–Kier alpha value is -3.30. The summed E-state index contributed by atoms with van der Waals surface area (Å²) in [6, 6.07) is 3.89. The van der Waals surface area contributed by atoms with E-state index in [0.29, 0.717) is 17.1 Å². The molecule has 2 aliphatic heterocycles. The van der Waals surface area contributed by atoms with Crippen LogP contribution in [0.2, 0.25) is 0 Å². The number of esters is 3. The van der Waals surface area contributed by atoms with Gasteiger partial charge in [0.15, 0.2) is 17.0 Å². The smallest absolute Gasteiger partial charge is 0.332 e. The van der Waals surface area contributed by atoms with Crippen LogP contribution in [0.5, 0.6) is 11.5 Å². The number of methoxy groups -OCH3 is 5. The van der Waals surface area contributed by atoms with Crippen LogP contribution in [-0.2, 0) is 33.4 Å². The largest absolute Gasteiger partial charge is 0.493 e. The molecule has 1 unspecified atom stereocenters. The van der Waals surface area contributed by atoms with E-state index < -0.39 is 41.3 Å². The average molecular weight is 435 g/mol. The summed E-state index contributed by atoms with van der Waals surface area (Å²) in [5, 5.41) is 0. The van der Waals surface area contributed by atoms with Gasteiger partial charge in [-0.3, -0.25) is 14.4 Å². The summed E-state index contributed by atoms with van der Waals surface area (Å²) < 4.78 is 25.6. The number of carbonyl (C=O) groups excluding carboxylic acids is 4. The number of ether oxygens (including phenoxy) is 5. The molecule has 0 radical (unpaired) electrons. The van der Waals surface area contributed by atoms with Crippen molar-refractivity contribution in [2.45, 2.75) is 24.4 Å². The Balaban J connectivity index is 2.30. The van der Waals surface area contributed by atoms with Gasteiger partial charge in [0.05, 0.1) is 47.5 Å². The van der Waals surface area contributed by atoms with Crippen molar-refractivity contribution in [2.24, 2.45) is 11.8 Å². The predicted octanol–water partition coefficient (Wildman–Crippen LogP) is 0.871. The van der Waals surface area contributed by atoms with E-state index >= 15 is 0 Å². The topological polar surface area (TPSA) is 118 Å². The standard InChI is InChI=1S/C21H25NO9/c1-27-12-7-6-11(10-13(12)28-2)17-15(18(24)29-3)16(19(25)30-4)21(20(26)31-5)9-8-14(23)22(17)21/h6-7,10,15-17H,8-9H2,1-5H3/t15-,16+,17-,21?/m0/s1. The summed E-state index contributed by atoms with van der Waals surface area (Å²) in [5.41, 5.74) is -1.21. The van der Waals surface area contributed by atoms with Crippen molar-refractivity contribution in [3.05, 3.63) is 23.8 Å². The summed E-state index contributed by atoms with van der Waals surface area (Å²) in [6.45, 7) is 0. The van der Waals surface area contributed by atoms with Crippen LogP contribution >= 0.6 is 0 Å². The van der Waals surface area contributed by atoms with Crippen molar-refractivity contribution >= 4 is 23.8 Å². The molecule has 0 N–H and O–H groups in total. The van der Waals surface area contributed by atoms with E-state index in [1.165, 1.54) is 33.3 Å². The van der Waals surface area contributed by atoms with E-state index in [1.807, 2.05) is 0 Å². The summed E-state index contributed by atoms with van der Waals surface area (Å²) in [6.07, 6.45) is 0.0236. The second-order valence-electron chi connectivity index (χ2n) is 7.29. The Morgan fingerprint density at radius 2 is 1.58 bits per heavy atom. The highest BCUT2D eigenvalue weighted by Gasteiger charge is 2.72. The number of rotatable bonds is 6. The molecule has 2 saturated heterocycles. The normalized spacial score (nSPS) is 26.8. The lowest BCUT2D eigenvalue weighted by molar-refractivity contribution is -0.167. The fraction of sp³-hybridized carbons (Fsp3) is 0.524. The lowest BCUT2D eigenvalue weighted by Crippen LogP contribution is -2.55. The van der Waals surface area contributed by atoms with Gasteiger partial charge in [-0.15, -0.1) is 0 Å². The average Bonchev–Trinajstić information content (AvgIpc) is 3.30. The summed E-state index contributed by atoms with van der Waals surface area (Å²) in [4.78, 5) is 53.1. The molecule has 2 heterocycles. The molecular formula is C21H25NO9. The molecule has 2 aliphatic rings. The van der Waals surface area contributed by atoms with Crippen LogP contribution < -0.4 is 9.47 Å². The fourth-order valence-corrected chi connectivity index (χ4v) is 4.88. The van der Waals surface area contributed by atoms with Crippen LogP contribution in [0, 0.1) is 11.8 Å². The quantitative estimate of drug-likeness (QED) is 0.474. The molecule has 0 saturated carbocycles. The second-order valence-corrected chi connectivity index (χ2v) is 7.29. The molecule has 4 atom stereocenters. The zero-order valence-corrected chi connectivity index (χ0v) is 18.0. The first kappa shape index (κ1) is 22.4. The molecule has 10 nitrogen and oxygen atoms in total. The van der Waals surface area contributed by atoms with Crippen LogP contribution in [0.15, 0.2) is 18.2 Å². The Bertz CT molecular complexity index is 914. The summed E-state index contributed by atoms with van der Waals surface area (Å²) in [5.74, 6) is -4.42.